The van der Waals surface area contributed by atoms with Crippen molar-refractivity contribution in [1.29, 1.82) is 0 Å². The van der Waals surface area contributed by atoms with E-state index in [0.29, 0.717) is 25.1 Å². The SMILES string of the molecule is CSCCC(NC(=O)C(N)CCC(N)=O)C(=O)NC(CCCCN)C(=O)NCC(=O)O. The van der Waals surface area contributed by atoms with E-state index in [9.17, 15) is 24.0 Å². The predicted octanol–water partition coefficient (Wildman–Crippen LogP) is -2.37. The van der Waals surface area contributed by atoms with E-state index in [1.165, 1.54) is 11.8 Å². The molecule has 10 N–H and O–H groups in total. The van der Waals surface area contributed by atoms with Crippen LogP contribution in [0.4, 0.5) is 0 Å². The highest BCUT2D eigenvalue weighted by atomic mass is 32.2. The molecule has 4 amide bonds. The molecule has 178 valence electrons. The highest BCUT2D eigenvalue weighted by molar-refractivity contribution is 7.98. The number of aliphatic carboxylic acids is 1. The van der Waals surface area contributed by atoms with Crippen molar-refractivity contribution in [3.8, 4) is 0 Å². The maximum absolute atomic E-state index is 12.8. The van der Waals surface area contributed by atoms with Crippen molar-refractivity contribution in [2.75, 3.05) is 25.1 Å². The predicted molar refractivity (Wildman–Crippen MR) is 117 cm³/mol. The van der Waals surface area contributed by atoms with Gasteiger partial charge in [-0.15, -0.1) is 0 Å². The van der Waals surface area contributed by atoms with E-state index in [2.05, 4.69) is 16.0 Å². The smallest absolute Gasteiger partial charge is 0.322 e. The minimum absolute atomic E-state index is 0.0390. The summed E-state index contributed by atoms with van der Waals surface area (Å²) < 4.78 is 0. The van der Waals surface area contributed by atoms with Gasteiger partial charge in [-0.25, -0.2) is 0 Å². The molecule has 0 heterocycles. The van der Waals surface area contributed by atoms with Crippen molar-refractivity contribution in [3.63, 3.8) is 0 Å². The zero-order chi connectivity index (χ0) is 23.8. The summed E-state index contributed by atoms with van der Waals surface area (Å²) in [6, 6.07) is -2.95. The van der Waals surface area contributed by atoms with Gasteiger partial charge in [0.25, 0.3) is 0 Å². The van der Waals surface area contributed by atoms with E-state index in [1.54, 1.807) is 0 Å². The van der Waals surface area contributed by atoms with Crippen LogP contribution in [0.5, 0.6) is 0 Å². The Morgan fingerprint density at radius 1 is 0.935 bits per heavy atom. The number of nitrogens with two attached hydrogens (primary N) is 3. The first-order valence-corrected chi connectivity index (χ1v) is 11.3. The fourth-order valence-electron chi connectivity index (χ4n) is 2.53. The highest BCUT2D eigenvalue weighted by Gasteiger charge is 2.28. The number of primary amides is 1. The number of hydrogen-bond acceptors (Lipinski definition) is 8. The summed E-state index contributed by atoms with van der Waals surface area (Å²) in [5.74, 6) is -3.09. The number of rotatable bonds is 17. The summed E-state index contributed by atoms with van der Waals surface area (Å²) in [5, 5.41) is 16.1. The molecule has 31 heavy (non-hydrogen) atoms. The van der Waals surface area contributed by atoms with Crippen molar-refractivity contribution >= 4 is 41.4 Å². The first-order valence-electron chi connectivity index (χ1n) is 9.95. The van der Waals surface area contributed by atoms with Crippen molar-refractivity contribution in [2.24, 2.45) is 17.2 Å². The lowest BCUT2D eigenvalue weighted by atomic mass is 10.1. The molecule has 0 aliphatic rings. The van der Waals surface area contributed by atoms with Crippen molar-refractivity contribution in [3.05, 3.63) is 0 Å². The summed E-state index contributed by atoms with van der Waals surface area (Å²) in [5.41, 5.74) is 16.3. The second-order valence-electron chi connectivity index (χ2n) is 6.91. The second-order valence-corrected chi connectivity index (χ2v) is 7.90. The summed E-state index contributed by atoms with van der Waals surface area (Å²) in [6.45, 7) is -0.170. The van der Waals surface area contributed by atoms with Gasteiger partial charge in [0.15, 0.2) is 0 Å². The van der Waals surface area contributed by atoms with Crippen LogP contribution >= 0.6 is 11.8 Å². The van der Waals surface area contributed by atoms with Gasteiger partial charge in [0, 0.05) is 6.42 Å². The van der Waals surface area contributed by atoms with Gasteiger partial charge in [0.2, 0.25) is 23.6 Å². The number of hydrogen-bond donors (Lipinski definition) is 7. The van der Waals surface area contributed by atoms with E-state index >= 15 is 0 Å². The lowest BCUT2D eigenvalue weighted by Gasteiger charge is -2.24. The lowest BCUT2D eigenvalue weighted by Crippen LogP contribution is -2.56. The Balaban J connectivity index is 5.15. The molecule has 3 unspecified atom stereocenters. The molecule has 0 aromatic heterocycles. The number of carbonyl (C=O) groups excluding carboxylic acids is 4. The number of nitrogens with one attached hydrogen (secondary N) is 3. The third kappa shape index (κ3) is 13.5. The van der Waals surface area contributed by atoms with Crippen LogP contribution in [0.1, 0.15) is 38.5 Å². The highest BCUT2D eigenvalue weighted by Crippen LogP contribution is 2.06. The van der Waals surface area contributed by atoms with Crippen molar-refractivity contribution in [1.82, 2.24) is 16.0 Å². The molecule has 0 saturated heterocycles. The number of carbonyl (C=O) groups is 5. The molecular weight excluding hydrogens is 428 g/mol. The zero-order valence-electron chi connectivity index (χ0n) is 17.7. The minimum Gasteiger partial charge on any atom is -0.480 e. The number of thioether (sulfide) groups is 1. The zero-order valence-corrected chi connectivity index (χ0v) is 18.5. The van der Waals surface area contributed by atoms with E-state index in [-0.39, 0.29) is 25.7 Å². The third-order valence-electron chi connectivity index (χ3n) is 4.28. The Morgan fingerprint density at radius 3 is 2.10 bits per heavy atom. The van der Waals surface area contributed by atoms with Gasteiger partial charge in [-0.1, -0.05) is 0 Å². The molecular formula is C18H34N6O6S. The van der Waals surface area contributed by atoms with Gasteiger partial charge in [0.05, 0.1) is 6.04 Å². The third-order valence-corrected chi connectivity index (χ3v) is 4.92. The monoisotopic (exact) mass is 462 g/mol. The summed E-state index contributed by atoms with van der Waals surface area (Å²) in [6.07, 6.45) is 3.52. The molecule has 0 aliphatic carbocycles. The van der Waals surface area contributed by atoms with Crippen LogP contribution in [-0.2, 0) is 24.0 Å². The van der Waals surface area contributed by atoms with E-state index in [1.807, 2.05) is 6.26 Å². The van der Waals surface area contributed by atoms with Crippen LogP contribution in [-0.4, -0.2) is 77.9 Å². The Hall–Kier alpha value is -2.38. The molecule has 3 atom stereocenters. The molecule has 0 spiro atoms. The normalized spacial score (nSPS) is 13.5. The van der Waals surface area contributed by atoms with Gasteiger partial charge in [-0.3, -0.25) is 24.0 Å². The number of carboxylic acid groups (broad SMARTS) is 1. The van der Waals surface area contributed by atoms with Crippen molar-refractivity contribution < 1.29 is 29.1 Å². The molecule has 12 nitrogen and oxygen atoms in total. The average Bonchev–Trinajstić information content (AvgIpc) is 2.71. The maximum atomic E-state index is 12.8. The van der Waals surface area contributed by atoms with Crippen LogP contribution in [0.2, 0.25) is 0 Å². The summed E-state index contributed by atoms with van der Waals surface area (Å²) in [4.78, 5) is 59.0. The molecule has 0 aliphatic heterocycles. The van der Waals surface area contributed by atoms with Crippen molar-refractivity contribution in [2.45, 2.75) is 56.7 Å². The Bertz CT molecular complexity index is 620. The molecule has 13 heteroatoms. The topological polar surface area (TPSA) is 220 Å². The molecule has 0 radical (unpaired) electrons. The standard InChI is InChI=1S/C18H34N6O6S/c1-31-9-7-13(23-16(28)11(20)5-6-14(21)25)18(30)24-12(4-2-3-8-19)17(29)22-10-15(26)27/h11-13H,2-10,19-20H2,1H3,(H2,21,25)(H,22,29)(H,23,28)(H,24,30)(H,26,27). The molecule has 0 aromatic carbocycles. The molecule has 0 saturated carbocycles. The Morgan fingerprint density at radius 2 is 1.55 bits per heavy atom. The first-order chi connectivity index (χ1) is 14.6. The molecule has 0 fully saturated rings. The Labute approximate surface area is 185 Å². The number of amides is 4. The second kappa shape index (κ2) is 16.3. The van der Waals surface area contributed by atoms with Crippen LogP contribution in [0.3, 0.4) is 0 Å². The van der Waals surface area contributed by atoms with Crippen LogP contribution in [0.25, 0.3) is 0 Å². The van der Waals surface area contributed by atoms with Gasteiger partial charge >= 0.3 is 5.97 Å². The fraction of sp³-hybridized carbons (Fsp3) is 0.722. The van der Waals surface area contributed by atoms with Crippen LogP contribution in [0, 0.1) is 0 Å². The van der Waals surface area contributed by atoms with Crippen LogP contribution in [0.15, 0.2) is 0 Å². The average molecular weight is 463 g/mol. The number of unbranched alkanes of at least 4 members (excludes halogenated alkanes) is 1. The van der Waals surface area contributed by atoms with Gasteiger partial charge in [0.1, 0.15) is 18.6 Å². The fourth-order valence-corrected chi connectivity index (χ4v) is 3.00. The molecule has 0 rings (SSSR count). The lowest BCUT2D eigenvalue weighted by molar-refractivity contribution is -0.138. The largest absolute Gasteiger partial charge is 0.480 e. The summed E-state index contributed by atoms with van der Waals surface area (Å²) in [7, 11) is 0. The molecule has 0 aromatic rings. The van der Waals surface area contributed by atoms with E-state index in [4.69, 9.17) is 22.3 Å². The Kier molecular flexibility index (Phi) is 15.1. The van der Waals surface area contributed by atoms with E-state index < -0.39 is 54.3 Å². The van der Waals surface area contributed by atoms with E-state index in [0.717, 1.165) is 0 Å². The van der Waals surface area contributed by atoms with Gasteiger partial charge in [-0.2, -0.15) is 11.8 Å². The minimum atomic E-state index is -1.21. The first kappa shape index (κ1) is 28.6. The molecule has 0 bridgehead atoms. The summed E-state index contributed by atoms with van der Waals surface area (Å²) >= 11 is 1.47. The van der Waals surface area contributed by atoms with Gasteiger partial charge in [-0.05, 0) is 50.7 Å². The number of carboxylic acids is 1. The van der Waals surface area contributed by atoms with Gasteiger partial charge < -0.3 is 38.3 Å². The van der Waals surface area contributed by atoms with Crippen LogP contribution < -0.4 is 33.2 Å². The quantitative estimate of drug-likeness (QED) is 0.115. The maximum Gasteiger partial charge on any atom is 0.322 e.